The van der Waals surface area contributed by atoms with Crippen LogP contribution < -0.4 is 15.5 Å². The van der Waals surface area contributed by atoms with Crippen LogP contribution in [0.1, 0.15) is 12.5 Å². The van der Waals surface area contributed by atoms with Crippen molar-refractivity contribution in [3.8, 4) is 0 Å². The first-order valence-electron chi connectivity index (χ1n) is 6.68. The van der Waals surface area contributed by atoms with E-state index in [0.717, 1.165) is 25.3 Å². The van der Waals surface area contributed by atoms with Crippen LogP contribution in [0.4, 0.5) is 5.69 Å². The standard InChI is InChI=1S/C15H21N3O.ClH/c1-3-8-17-15(19)12(2)18-10-9-16-11-13-6-4-5-7-14(13)18;/h3-7,12,16H,1,8-11H2,2H3,(H,17,19);1H. The largest absolute Gasteiger partial charge is 0.358 e. The fraction of sp³-hybridized carbons (Fsp3) is 0.400. The molecule has 0 aliphatic carbocycles. The molecule has 0 bridgehead atoms. The first-order chi connectivity index (χ1) is 9.24. The van der Waals surface area contributed by atoms with E-state index in [9.17, 15) is 4.79 Å². The second-order valence-corrected chi connectivity index (χ2v) is 4.71. The van der Waals surface area contributed by atoms with Crippen molar-refractivity contribution >= 4 is 24.0 Å². The van der Waals surface area contributed by atoms with Gasteiger partial charge in [0, 0.05) is 31.9 Å². The minimum atomic E-state index is -0.180. The lowest BCUT2D eigenvalue weighted by atomic mass is 10.1. The maximum Gasteiger partial charge on any atom is 0.242 e. The average molecular weight is 296 g/mol. The van der Waals surface area contributed by atoms with Gasteiger partial charge in [-0.1, -0.05) is 24.3 Å². The van der Waals surface area contributed by atoms with Gasteiger partial charge in [-0.3, -0.25) is 4.79 Å². The lowest BCUT2D eigenvalue weighted by Crippen LogP contribution is -2.46. The molecule has 1 aliphatic heterocycles. The van der Waals surface area contributed by atoms with Crippen molar-refractivity contribution in [2.24, 2.45) is 0 Å². The quantitative estimate of drug-likeness (QED) is 0.831. The molecule has 0 spiro atoms. The van der Waals surface area contributed by atoms with Crippen molar-refractivity contribution in [1.82, 2.24) is 10.6 Å². The van der Waals surface area contributed by atoms with Gasteiger partial charge in [-0.15, -0.1) is 19.0 Å². The van der Waals surface area contributed by atoms with Crippen LogP contribution in [-0.2, 0) is 11.3 Å². The maximum atomic E-state index is 12.1. The van der Waals surface area contributed by atoms with Gasteiger partial charge in [0.2, 0.25) is 5.91 Å². The summed E-state index contributed by atoms with van der Waals surface area (Å²) in [5, 5.41) is 6.24. The Balaban J connectivity index is 0.00000200. The monoisotopic (exact) mass is 295 g/mol. The molecule has 1 unspecified atom stereocenters. The molecule has 0 saturated heterocycles. The van der Waals surface area contributed by atoms with Crippen LogP contribution in [-0.4, -0.2) is 31.6 Å². The topological polar surface area (TPSA) is 44.4 Å². The summed E-state index contributed by atoms with van der Waals surface area (Å²) >= 11 is 0. The summed E-state index contributed by atoms with van der Waals surface area (Å²) in [7, 11) is 0. The summed E-state index contributed by atoms with van der Waals surface area (Å²) in [6.45, 7) is 8.64. The van der Waals surface area contributed by atoms with Crippen LogP contribution in [0.25, 0.3) is 0 Å². The molecule has 0 fully saturated rings. The number of carbonyl (C=O) groups is 1. The van der Waals surface area contributed by atoms with Crippen LogP contribution in [0.5, 0.6) is 0 Å². The third-order valence-electron chi connectivity index (χ3n) is 3.41. The second-order valence-electron chi connectivity index (χ2n) is 4.71. The first-order valence-corrected chi connectivity index (χ1v) is 6.68. The van der Waals surface area contributed by atoms with Crippen molar-refractivity contribution in [2.45, 2.75) is 19.5 Å². The summed E-state index contributed by atoms with van der Waals surface area (Å²) in [4.78, 5) is 14.3. The molecule has 1 aromatic carbocycles. The third kappa shape index (κ3) is 3.74. The molecular weight excluding hydrogens is 274 g/mol. The zero-order chi connectivity index (χ0) is 13.7. The van der Waals surface area contributed by atoms with E-state index in [1.54, 1.807) is 6.08 Å². The highest BCUT2D eigenvalue weighted by atomic mass is 35.5. The average Bonchev–Trinajstić information content (AvgIpc) is 2.66. The van der Waals surface area contributed by atoms with Gasteiger partial charge in [0.1, 0.15) is 6.04 Å². The van der Waals surface area contributed by atoms with Gasteiger partial charge in [-0.25, -0.2) is 0 Å². The SMILES string of the molecule is C=CCNC(=O)C(C)N1CCNCc2ccccc21.Cl. The second kappa shape index (κ2) is 7.92. The molecule has 2 N–H and O–H groups in total. The molecular formula is C15H22ClN3O. The lowest BCUT2D eigenvalue weighted by molar-refractivity contribution is -0.121. The predicted molar refractivity (Wildman–Crippen MR) is 85.4 cm³/mol. The number of fused-ring (bicyclic) bond motifs is 1. The number of hydrogen-bond acceptors (Lipinski definition) is 3. The highest BCUT2D eigenvalue weighted by Gasteiger charge is 2.24. The fourth-order valence-corrected chi connectivity index (χ4v) is 2.35. The number of carbonyl (C=O) groups excluding carboxylic acids is 1. The Morgan fingerprint density at radius 1 is 1.55 bits per heavy atom. The third-order valence-corrected chi connectivity index (χ3v) is 3.41. The van der Waals surface area contributed by atoms with Gasteiger partial charge < -0.3 is 15.5 Å². The molecule has 1 heterocycles. The number of amides is 1. The van der Waals surface area contributed by atoms with Crippen molar-refractivity contribution in [3.05, 3.63) is 42.5 Å². The van der Waals surface area contributed by atoms with E-state index in [0.29, 0.717) is 6.54 Å². The van der Waals surface area contributed by atoms with Crippen molar-refractivity contribution in [2.75, 3.05) is 24.5 Å². The molecule has 0 saturated carbocycles. The normalized spacial score (nSPS) is 15.3. The molecule has 2 rings (SSSR count). The molecule has 1 aliphatic rings. The number of rotatable bonds is 4. The molecule has 0 aromatic heterocycles. The van der Waals surface area contributed by atoms with E-state index >= 15 is 0 Å². The summed E-state index contributed by atoms with van der Waals surface area (Å²) in [6, 6.07) is 8.06. The number of benzene rings is 1. The zero-order valence-corrected chi connectivity index (χ0v) is 12.6. The Bertz CT molecular complexity index is 464. The number of hydrogen-bond donors (Lipinski definition) is 2. The molecule has 110 valence electrons. The minimum Gasteiger partial charge on any atom is -0.358 e. The number of para-hydroxylation sites is 1. The summed E-state index contributed by atoms with van der Waals surface area (Å²) in [5.74, 6) is 0.0385. The van der Waals surface area contributed by atoms with E-state index < -0.39 is 0 Å². The first kappa shape index (κ1) is 16.5. The highest BCUT2D eigenvalue weighted by molar-refractivity contribution is 5.85. The molecule has 5 heteroatoms. The fourth-order valence-electron chi connectivity index (χ4n) is 2.35. The molecule has 1 aromatic rings. The van der Waals surface area contributed by atoms with Crippen LogP contribution in [0.15, 0.2) is 36.9 Å². The molecule has 1 amide bonds. The van der Waals surface area contributed by atoms with E-state index in [1.165, 1.54) is 5.56 Å². The summed E-state index contributed by atoms with van der Waals surface area (Å²) < 4.78 is 0. The summed E-state index contributed by atoms with van der Waals surface area (Å²) in [5.41, 5.74) is 2.39. The van der Waals surface area contributed by atoms with Gasteiger partial charge in [-0.2, -0.15) is 0 Å². The van der Waals surface area contributed by atoms with Crippen LogP contribution in [0.3, 0.4) is 0 Å². The molecule has 4 nitrogen and oxygen atoms in total. The van der Waals surface area contributed by atoms with Crippen molar-refractivity contribution in [1.29, 1.82) is 0 Å². The number of nitrogens with one attached hydrogen (secondary N) is 2. The van der Waals surface area contributed by atoms with Gasteiger partial charge in [0.15, 0.2) is 0 Å². The van der Waals surface area contributed by atoms with Gasteiger partial charge in [-0.05, 0) is 18.6 Å². The number of anilines is 1. The highest BCUT2D eigenvalue weighted by Crippen LogP contribution is 2.23. The molecule has 20 heavy (non-hydrogen) atoms. The number of nitrogens with zero attached hydrogens (tertiary/aromatic N) is 1. The lowest BCUT2D eigenvalue weighted by Gasteiger charge is -2.30. The minimum absolute atomic E-state index is 0. The summed E-state index contributed by atoms with van der Waals surface area (Å²) in [6.07, 6.45) is 1.70. The van der Waals surface area contributed by atoms with E-state index in [1.807, 2.05) is 19.1 Å². The molecule has 1 atom stereocenters. The Morgan fingerprint density at radius 2 is 2.30 bits per heavy atom. The van der Waals surface area contributed by atoms with Gasteiger partial charge >= 0.3 is 0 Å². The Labute approximate surface area is 126 Å². The van der Waals surface area contributed by atoms with Crippen LogP contribution in [0.2, 0.25) is 0 Å². The van der Waals surface area contributed by atoms with Gasteiger partial charge in [0.05, 0.1) is 0 Å². The predicted octanol–water partition coefficient (Wildman–Crippen LogP) is 1.71. The Kier molecular flexibility index (Phi) is 6.55. The van der Waals surface area contributed by atoms with E-state index in [4.69, 9.17) is 0 Å². The van der Waals surface area contributed by atoms with Crippen LogP contribution >= 0.6 is 12.4 Å². The smallest absolute Gasteiger partial charge is 0.242 e. The maximum absolute atomic E-state index is 12.1. The zero-order valence-electron chi connectivity index (χ0n) is 11.8. The molecule has 0 radical (unpaired) electrons. The van der Waals surface area contributed by atoms with E-state index in [2.05, 4.69) is 34.2 Å². The van der Waals surface area contributed by atoms with E-state index in [-0.39, 0.29) is 24.4 Å². The van der Waals surface area contributed by atoms with Crippen molar-refractivity contribution < 1.29 is 4.79 Å². The number of halogens is 1. The Morgan fingerprint density at radius 3 is 3.05 bits per heavy atom. The van der Waals surface area contributed by atoms with Gasteiger partial charge in [0.25, 0.3) is 0 Å². The van der Waals surface area contributed by atoms with Crippen molar-refractivity contribution in [3.63, 3.8) is 0 Å². The Hall–Kier alpha value is -1.52. The van der Waals surface area contributed by atoms with Crippen LogP contribution in [0, 0.1) is 0 Å².